The molecule has 138 valence electrons. The number of aliphatic imine (C=N–C) groups is 1. The maximum Gasteiger partial charge on any atom is 0.249 e. The highest BCUT2D eigenvalue weighted by Crippen LogP contribution is 2.43. The highest BCUT2D eigenvalue weighted by molar-refractivity contribution is 6.00. The van der Waals surface area contributed by atoms with Crippen molar-refractivity contribution in [3.63, 3.8) is 0 Å². The van der Waals surface area contributed by atoms with Crippen LogP contribution in [0.25, 0.3) is 11.4 Å². The van der Waals surface area contributed by atoms with E-state index in [1.54, 1.807) is 12.1 Å². The van der Waals surface area contributed by atoms with Crippen LogP contribution < -0.4 is 5.32 Å². The van der Waals surface area contributed by atoms with Gasteiger partial charge in [-0.2, -0.15) is 4.98 Å². The number of anilines is 1. The monoisotopic (exact) mass is 367 g/mol. The molecule has 0 saturated heterocycles. The SMILES string of the molecule is Cc1ccc(-c2noc([C@H]3C[C@@H]3F)n2)cc1NC(=O)C=CN=C/C=C\C=N. The molecule has 1 aliphatic carbocycles. The molecular formula is C19H18FN5O2. The predicted molar refractivity (Wildman–Crippen MR) is 101 cm³/mol. The second-order valence-electron chi connectivity index (χ2n) is 6.00. The van der Waals surface area contributed by atoms with Crippen molar-refractivity contribution < 1.29 is 13.7 Å². The Morgan fingerprint density at radius 3 is 3.00 bits per heavy atom. The van der Waals surface area contributed by atoms with Crippen molar-refractivity contribution in [2.24, 2.45) is 4.99 Å². The average Bonchev–Trinajstić information content (AvgIpc) is 3.18. The van der Waals surface area contributed by atoms with Crippen molar-refractivity contribution in [1.82, 2.24) is 10.1 Å². The van der Waals surface area contributed by atoms with E-state index in [0.29, 0.717) is 29.4 Å². The van der Waals surface area contributed by atoms with Crippen molar-refractivity contribution in [1.29, 1.82) is 5.41 Å². The molecule has 0 bridgehead atoms. The molecule has 1 aromatic carbocycles. The number of allylic oxidation sites excluding steroid dienone is 2. The van der Waals surface area contributed by atoms with Crippen LogP contribution >= 0.6 is 0 Å². The minimum Gasteiger partial charge on any atom is -0.339 e. The second kappa shape index (κ2) is 8.31. The molecule has 0 unspecified atom stereocenters. The third-order valence-electron chi connectivity index (χ3n) is 3.92. The summed E-state index contributed by atoms with van der Waals surface area (Å²) >= 11 is 0. The van der Waals surface area contributed by atoms with Crippen LogP contribution in [0.4, 0.5) is 10.1 Å². The summed E-state index contributed by atoms with van der Waals surface area (Å²) in [5.41, 5.74) is 2.14. The first-order valence-electron chi connectivity index (χ1n) is 8.33. The van der Waals surface area contributed by atoms with Gasteiger partial charge in [-0.05, 0) is 37.1 Å². The predicted octanol–water partition coefficient (Wildman–Crippen LogP) is 3.60. The minimum atomic E-state index is -0.902. The molecule has 3 rings (SSSR count). The van der Waals surface area contributed by atoms with E-state index in [0.717, 1.165) is 11.8 Å². The topological polar surface area (TPSA) is 104 Å². The van der Waals surface area contributed by atoms with E-state index in [1.807, 2.05) is 19.1 Å². The van der Waals surface area contributed by atoms with Gasteiger partial charge in [-0.3, -0.25) is 9.79 Å². The van der Waals surface area contributed by atoms with Gasteiger partial charge in [0, 0.05) is 36.0 Å². The van der Waals surface area contributed by atoms with Crippen molar-refractivity contribution in [3.05, 3.63) is 54.1 Å². The van der Waals surface area contributed by atoms with E-state index < -0.39 is 6.17 Å². The van der Waals surface area contributed by atoms with E-state index in [4.69, 9.17) is 9.93 Å². The first-order valence-corrected chi connectivity index (χ1v) is 8.33. The molecular weight excluding hydrogens is 349 g/mol. The number of hydrogen-bond acceptors (Lipinski definition) is 6. The number of rotatable bonds is 7. The Labute approximate surface area is 155 Å². The number of halogens is 1. The molecule has 0 spiro atoms. The summed E-state index contributed by atoms with van der Waals surface area (Å²) in [6.07, 6.45) is 7.85. The van der Waals surface area contributed by atoms with Crippen molar-refractivity contribution in [3.8, 4) is 11.4 Å². The van der Waals surface area contributed by atoms with Crippen LogP contribution in [0.15, 0.2) is 52.1 Å². The Kier molecular flexibility index (Phi) is 5.65. The summed E-state index contributed by atoms with van der Waals surface area (Å²) < 4.78 is 18.2. The summed E-state index contributed by atoms with van der Waals surface area (Å²) in [6.45, 7) is 1.86. The summed E-state index contributed by atoms with van der Waals surface area (Å²) in [5, 5.41) is 13.5. The van der Waals surface area contributed by atoms with Gasteiger partial charge >= 0.3 is 0 Å². The number of nitrogens with one attached hydrogen (secondary N) is 2. The van der Waals surface area contributed by atoms with Gasteiger partial charge in [-0.1, -0.05) is 17.3 Å². The van der Waals surface area contributed by atoms with E-state index in [9.17, 15) is 9.18 Å². The maximum absolute atomic E-state index is 13.1. The Hall–Kier alpha value is -3.42. The number of carbonyl (C=O) groups excluding carboxylic acids is 1. The summed E-state index contributed by atoms with van der Waals surface area (Å²) in [7, 11) is 0. The fourth-order valence-corrected chi connectivity index (χ4v) is 2.31. The lowest BCUT2D eigenvalue weighted by molar-refractivity contribution is -0.111. The summed E-state index contributed by atoms with van der Waals surface area (Å²) in [5.74, 6) is 0.0325. The fourth-order valence-electron chi connectivity index (χ4n) is 2.31. The van der Waals surface area contributed by atoms with Crippen molar-refractivity contribution >= 4 is 24.0 Å². The number of nitrogens with zero attached hydrogens (tertiary/aromatic N) is 3. The van der Waals surface area contributed by atoms with Crippen molar-refractivity contribution in [2.45, 2.75) is 25.4 Å². The Morgan fingerprint density at radius 2 is 2.26 bits per heavy atom. The number of alkyl halides is 1. The fraction of sp³-hybridized carbons (Fsp3) is 0.211. The molecule has 2 aromatic rings. The van der Waals surface area contributed by atoms with E-state index in [2.05, 4.69) is 20.4 Å². The van der Waals surface area contributed by atoms with Gasteiger partial charge in [0.05, 0.1) is 5.92 Å². The first-order chi connectivity index (χ1) is 13.1. The van der Waals surface area contributed by atoms with Gasteiger partial charge < -0.3 is 15.2 Å². The molecule has 1 saturated carbocycles. The zero-order valence-electron chi connectivity index (χ0n) is 14.6. The third-order valence-corrected chi connectivity index (χ3v) is 3.92. The number of benzene rings is 1. The van der Waals surface area contributed by atoms with E-state index >= 15 is 0 Å². The molecule has 1 heterocycles. The second-order valence-corrected chi connectivity index (χ2v) is 6.00. The van der Waals surface area contributed by atoms with Gasteiger partial charge in [0.2, 0.25) is 17.6 Å². The number of aromatic nitrogens is 2. The molecule has 1 aromatic heterocycles. The molecule has 8 heteroatoms. The lowest BCUT2D eigenvalue weighted by atomic mass is 10.1. The van der Waals surface area contributed by atoms with Crippen LogP contribution in [0.3, 0.4) is 0 Å². The summed E-state index contributed by atoms with van der Waals surface area (Å²) in [4.78, 5) is 20.2. The molecule has 7 nitrogen and oxygen atoms in total. The largest absolute Gasteiger partial charge is 0.339 e. The Bertz CT molecular complexity index is 932. The van der Waals surface area contributed by atoms with Gasteiger partial charge in [0.1, 0.15) is 6.17 Å². The normalized spacial score (nSPS) is 19.2. The minimum absolute atomic E-state index is 0.296. The van der Waals surface area contributed by atoms with Gasteiger partial charge in [-0.25, -0.2) is 4.39 Å². The molecule has 1 fully saturated rings. The number of aryl methyl sites for hydroxylation is 1. The highest BCUT2D eigenvalue weighted by atomic mass is 19.1. The van der Waals surface area contributed by atoms with Crippen LogP contribution in [0.1, 0.15) is 23.8 Å². The first kappa shape index (κ1) is 18.4. The zero-order valence-corrected chi connectivity index (χ0v) is 14.6. The molecule has 0 radical (unpaired) electrons. The molecule has 1 amide bonds. The molecule has 1 aliphatic rings. The zero-order chi connectivity index (χ0) is 19.2. The molecule has 2 N–H and O–H groups in total. The third kappa shape index (κ3) is 4.81. The van der Waals surface area contributed by atoms with Gasteiger partial charge in [0.15, 0.2) is 0 Å². The highest BCUT2D eigenvalue weighted by Gasteiger charge is 2.43. The Morgan fingerprint density at radius 1 is 1.44 bits per heavy atom. The number of hydrogen-bond donors (Lipinski definition) is 2. The van der Waals surface area contributed by atoms with Crippen LogP contribution in [0.2, 0.25) is 0 Å². The van der Waals surface area contributed by atoms with Gasteiger partial charge in [-0.15, -0.1) is 0 Å². The smallest absolute Gasteiger partial charge is 0.249 e. The Balaban J connectivity index is 1.68. The average molecular weight is 367 g/mol. The molecule has 0 aliphatic heterocycles. The standard InChI is InChI=1S/C19H18FN5O2/c1-12-4-5-13(18-24-19(27-25-18)14-11-15(14)20)10-16(12)23-17(26)6-9-22-8-3-2-7-21/h2-10,14-15,21H,11H2,1H3,(H,23,26)/b3-2-,9-6?,21-7?,22-8?/t14-,15-/m0/s1. The number of amides is 1. The lowest BCUT2D eigenvalue weighted by Gasteiger charge is -2.07. The molecule has 2 atom stereocenters. The quantitative estimate of drug-likeness (QED) is 0.576. The maximum atomic E-state index is 13.1. The summed E-state index contributed by atoms with van der Waals surface area (Å²) in [6, 6.07) is 5.39. The van der Waals surface area contributed by atoms with Crippen LogP contribution in [-0.4, -0.2) is 34.6 Å². The van der Waals surface area contributed by atoms with Crippen LogP contribution in [0.5, 0.6) is 0 Å². The molecule has 27 heavy (non-hydrogen) atoms. The van der Waals surface area contributed by atoms with E-state index in [1.165, 1.54) is 24.6 Å². The lowest BCUT2D eigenvalue weighted by Crippen LogP contribution is -2.09. The van der Waals surface area contributed by atoms with Gasteiger partial charge in [0.25, 0.3) is 0 Å². The van der Waals surface area contributed by atoms with Crippen molar-refractivity contribution in [2.75, 3.05) is 5.32 Å². The van der Waals surface area contributed by atoms with Crippen LogP contribution in [-0.2, 0) is 4.79 Å². The number of carbonyl (C=O) groups is 1. The van der Waals surface area contributed by atoms with E-state index in [-0.39, 0.29) is 11.8 Å². The van der Waals surface area contributed by atoms with Crippen LogP contribution in [0, 0.1) is 12.3 Å².